The van der Waals surface area contributed by atoms with Crippen molar-refractivity contribution in [2.24, 2.45) is 0 Å². The summed E-state index contributed by atoms with van der Waals surface area (Å²) >= 11 is 6.18. The van der Waals surface area contributed by atoms with Crippen LogP contribution in [0.4, 0.5) is 5.69 Å². The summed E-state index contributed by atoms with van der Waals surface area (Å²) in [6.07, 6.45) is 0.534. The van der Waals surface area contributed by atoms with Crippen molar-refractivity contribution in [3.05, 3.63) is 99.6 Å². The van der Waals surface area contributed by atoms with Gasteiger partial charge in [-0.25, -0.2) is 0 Å². The maximum absolute atomic E-state index is 13.4. The van der Waals surface area contributed by atoms with Crippen LogP contribution in [0, 0.1) is 6.92 Å². The summed E-state index contributed by atoms with van der Waals surface area (Å²) in [4.78, 5) is 27.9. The number of carbonyl (C=O) groups is 2. The summed E-state index contributed by atoms with van der Waals surface area (Å²) in [6.45, 7) is 4.34. The van der Waals surface area contributed by atoms with Crippen LogP contribution in [0.25, 0.3) is 0 Å². The highest BCUT2D eigenvalue weighted by Gasteiger charge is 2.51. The fourth-order valence-corrected chi connectivity index (χ4v) is 4.16. The molecule has 1 atom stereocenters. The van der Waals surface area contributed by atoms with Gasteiger partial charge in [-0.3, -0.25) is 9.59 Å². The molecule has 0 spiro atoms. The van der Waals surface area contributed by atoms with E-state index in [1.54, 1.807) is 30.3 Å². The zero-order chi connectivity index (χ0) is 22.2. The Balaban J connectivity index is 1.67. The van der Waals surface area contributed by atoms with Gasteiger partial charge in [-0.1, -0.05) is 72.6 Å². The van der Waals surface area contributed by atoms with Gasteiger partial charge in [0.1, 0.15) is 0 Å². The Morgan fingerprint density at radius 2 is 1.65 bits per heavy atom. The molecule has 31 heavy (non-hydrogen) atoms. The number of ketones is 1. The topological polar surface area (TPSA) is 57.6 Å². The van der Waals surface area contributed by atoms with E-state index in [2.05, 4.69) is 0 Å². The third kappa shape index (κ3) is 4.01. The molecule has 3 aromatic rings. The second kappa shape index (κ2) is 8.29. The molecule has 1 aliphatic heterocycles. The van der Waals surface area contributed by atoms with Crippen molar-refractivity contribution in [3.8, 4) is 0 Å². The quantitative estimate of drug-likeness (QED) is 0.542. The third-order valence-electron chi connectivity index (χ3n) is 5.86. The molecule has 5 heteroatoms. The van der Waals surface area contributed by atoms with Gasteiger partial charge >= 0.3 is 0 Å². The molecule has 1 aliphatic rings. The van der Waals surface area contributed by atoms with Crippen molar-refractivity contribution in [1.29, 1.82) is 0 Å². The Bertz CT molecular complexity index is 1140. The fraction of sp³-hybridized carbons (Fsp3) is 0.231. The largest absolute Gasteiger partial charge is 0.375 e. The molecular weight excluding hydrogens is 410 g/mol. The highest BCUT2D eigenvalue weighted by Crippen LogP contribution is 2.44. The minimum absolute atomic E-state index is 0.290. The third-order valence-corrected chi connectivity index (χ3v) is 6.09. The molecule has 1 unspecified atom stereocenters. The van der Waals surface area contributed by atoms with Crippen molar-refractivity contribution < 1.29 is 14.7 Å². The first-order chi connectivity index (χ1) is 14.8. The number of carbonyl (C=O) groups excluding carboxylic acids is 2. The summed E-state index contributed by atoms with van der Waals surface area (Å²) in [6, 6.07) is 20.1. The molecule has 1 heterocycles. The van der Waals surface area contributed by atoms with Crippen LogP contribution in [-0.2, 0) is 23.4 Å². The molecule has 3 aromatic carbocycles. The summed E-state index contributed by atoms with van der Waals surface area (Å²) in [5.41, 5.74) is 2.64. The molecule has 158 valence electrons. The van der Waals surface area contributed by atoms with Crippen LogP contribution in [-0.4, -0.2) is 16.8 Å². The summed E-state index contributed by atoms with van der Waals surface area (Å²) in [5.74, 6) is -0.800. The molecule has 1 amide bonds. The summed E-state index contributed by atoms with van der Waals surface area (Å²) in [5, 5.41) is 11.9. The number of hydrogen-bond donors (Lipinski definition) is 1. The molecule has 4 rings (SSSR count). The smallest absolute Gasteiger partial charge is 0.264 e. The van der Waals surface area contributed by atoms with Crippen molar-refractivity contribution in [2.75, 3.05) is 4.90 Å². The highest BCUT2D eigenvalue weighted by molar-refractivity contribution is 6.31. The highest BCUT2D eigenvalue weighted by atomic mass is 35.5. The number of anilines is 1. The van der Waals surface area contributed by atoms with Gasteiger partial charge in [0.2, 0.25) is 0 Å². The van der Waals surface area contributed by atoms with E-state index >= 15 is 0 Å². The molecule has 4 nitrogen and oxygen atoms in total. The van der Waals surface area contributed by atoms with Gasteiger partial charge in [-0.05, 0) is 42.7 Å². The van der Waals surface area contributed by atoms with E-state index in [0.717, 1.165) is 23.1 Å². The van der Waals surface area contributed by atoms with Gasteiger partial charge in [0, 0.05) is 16.1 Å². The first-order valence-electron chi connectivity index (χ1n) is 10.3. The first-order valence-corrected chi connectivity index (χ1v) is 10.7. The van der Waals surface area contributed by atoms with Crippen LogP contribution < -0.4 is 4.90 Å². The van der Waals surface area contributed by atoms with Gasteiger partial charge in [0.15, 0.2) is 11.4 Å². The van der Waals surface area contributed by atoms with Crippen molar-refractivity contribution in [3.63, 3.8) is 0 Å². The lowest BCUT2D eigenvalue weighted by Crippen LogP contribution is -2.41. The number of aryl methyl sites for hydroxylation is 2. The first kappa shape index (κ1) is 21.3. The second-order valence-corrected chi connectivity index (χ2v) is 8.49. The maximum Gasteiger partial charge on any atom is 0.264 e. The average Bonchev–Trinajstić information content (AvgIpc) is 2.96. The van der Waals surface area contributed by atoms with Gasteiger partial charge in [-0.2, -0.15) is 0 Å². The van der Waals surface area contributed by atoms with Crippen LogP contribution in [0.15, 0.2) is 66.7 Å². The minimum atomic E-state index is -1.95. The Morgan fingerprint density at radius 1 is 1.00 bits per heavy atom. The molecule has 0 aromatic heterocycles. The Labute approximate surface area is 187 Å². The van der Waals surface area contributed by atoms with Crippen LogP contribution in [0.3, 0.4) is 0 Å². The normalized spacial score (nSPS) is 17.7. The van der Waals surface area contributed by atoms with E-state index in [4.69, 9.17) is 11.6 Å². The minimum Gasteiger partial charge on any atom is -0.375 e. The molecule has 1 N–H and O–H groups in total. The summed E-state index contributed by atoms with van der Waals surface area (Å²) in [7, 11) is 0. The molecule has 0 saturated heterocycles. The Kier molecular flexibility index (Phi) is 5.69. The molecule has 0 bridgehead atoms. The van der Waals surface area contributed by atoms with Gasteiger partial charge < -0.3 is 10.0 Å². The summed E-state index contributed by atoms with van der Waals surface area (Å²) < 4.78 is 0. The van der Waals surface area contributed by atoms with Crippen LogP contribution in [0.1, 0.15) is 46.0 Å². The molecular formula is C26H24ClNO3. The fourth-order valence-electron chi connectivity index (χ4n) is 3.99. The zero-order valence-corrected chi connectivity index (χ0v) is 18.3. The second-order valence-electron chi connectivity index (χ2n) is 8.05. The number of Topliss-reactive ketones (excluding diaryl/α,β-unsaturated/α-hetero) is 1. The van der Waals surface area contributed by atoms with E-state index in [1.807, 2.05) is 50.2 Å². The van der Waals surface area contributed by atoms with Gasteiger partial charge in [0.05, 0.1) is 18.7 Å². The van der Waals surface area contributed by atoms with E-state index < -0.39 is 11.5 Å². The standard InChI is InChI=1S/C26H24ClNO3/c1-3-18-8-10-20(11-9-18)24(29)15-26(31)22-14-21(27)12-13-23(22)28(25(26)30)16-19-6-4-17(2)5-7-19/h4-14,31H,3,15-16H2,1-2H3. The van der Waals surface area contributed by atoms with Crippen LogP contribution in [0.5, 0.6) is 0 Å². The average molecular weight is 434 g/mol. The maximum atomic E-state index is 13.4. The molecule has 0 radical (unpaired) electrons. The van der Waals surface area contributed by atoms with E-state index in [1.165, 1.54) is 4.90 Å². The number of aliphatic hydroxyl groups is 1. The number of fused-ring (bicyclic) bond motifs is 1. The van der Waals surface area contributed by atoms with Crippen molar-refractivity contribution in [1.82, 2.24) is 0 Å². The van der Waals surface area contributed by atoms with E-state index in [9.17, 15) is 14.7 Å². The number of nitrogens with zero attached hydrogens (tertiary/aromatic N) is 1. The van der Waals surface area contributed by atoms with Gasteiger partial charge in [0.25, 0.3) is 5.91 Å². The van der Waals surface area contributed by atoms with Crippen molar-refractivity contribution >= 4 is 29.0 Å². The lowest BCUT2D eigenvalue weighted by atomic mass is 9.88. The number of hydrogen-bond acceptors (Lipinski definition) is 3. The predicted octanol–water partition coefficient (Wildman–Crippen LogP) is 5.22. The Morgan fingerprint density at radius 3 is 2.29 bits per heavy atom. The molecule has 0 fully saturated rings. The predicted molar refractivity (Wildman–Crippen MR) is 122 cm³/mol. The van der Waals surface area contributed by atoms with Gasteiger partial charge in [-0.15, -0.1) is 0 Å². The van der Waals surface area contributed by atoms with Crippen LogP contribution in [0.2, 0.25) is 5.02 Å². The monoisotopic (exact) mass is 433 g/mol. The number of rotatable bonds is 6. The molecule has 0 aliphatic carbocycles. The number of amides is 1. The zero-order valence-electron chi connectivity index (χ0n) is 17.6. The van der Waals surface area contributed by atoms with Crippen molar-refractivity contribution in [2.45, 2.75) is 38.8 Å². The Hall–Kier alpha value is -2.95. The lowest BCUT2D eigenvalue weighted by molar-refractivity contribution is -0.136. The van der Waals surface area contributed by atoms with E-state index in [0.29, 0.717) is 28.4 Å². The SMILES string of the molecule is CCc1ccc(C(=O)CC2(O)C(=O)N(Cc3ccc(C)cc3)c3ccc(Cl)cc32)cc1. The number of halogens is 1. The molecule has 0 saturated carbocycles. The number of benzene rings is 3. The van der Waals surface area contributed by atoms with Crippen LogP contribution >= 0.6 is 11.6 Å². The van der Waals surface area contributed by atoms with E-state index in [-0.39, 0.29) is 12.2 Å². The lowest BCUT2D eigenvalue weighted by Gasteiger charge is -2.23.